The van der Waals surface area contributed by atoms with Crippen molar-refractivity contribution in [1.29, 1.82) is 0 Å². The molecule has 2 N–H and O–H groups in total. The predicted octanol–water partition coefficient (Wildman–Crippen LogP) is 2.08. The second kappa shape index (κ2) is 4.39. The Bertz CT molecular complexity index is 440. The van der Waals surface area contributed by atoms with Gasteiger partial charge in [-0.3, -0.25) is 0 Å². The van der Waals surface area contributed by atoms with Crippen molar-refractivity contribution in [2.24, 2.45) is 10.8 Å². The topological polar surface area (TPSA) is 75.6 Å². The van der Waals surface area contributed by atoms with Gasteiger partial charge in [0.1, 0.15) is 12.6 Å². The van der Waals surface area contributed by atoms with Crippen LogP contribution in [0.5, 0.6) is 0 Å². The zero-order valence-electron chi connectivity index (χ0n) is 10.5. The molecule has 8 heteroatoms. The first-order chi connectivity index (χ1) is 9.16. The summed E-state index contributed by atoms with van der Waals surface area (Å²) >= 11 is 0. The molecule has 0 radical (unpaired) electrons. The van der Waals surface area contributed by atoms with Gasteiger partial charge in [0.25, 0.3) is 0 Å². The largest absolute Gasteiger partial charge is 0.480 e. The summed E-state index contributed by atoms with van der Waals surface area (Å²) in [6.45, 7) is 3.22. The molecule has 112 valence electrons. The summed E-state index contributed by atoms with van der Waals surface area (Å²) in [4.78, 5) is 22.5. The number of amides is 1. The Balaban J connectivity index is 1.98. The van der Waals surface area contributed by atoms with Crippen molar-refractivity contribution in [3.63, 3.8) is 0 Å². The van der Waals surface area contributed by atoms with Gasteiger partial charge in [-0.2, -0.15) is 13.2 Å². The average Bonchev–Trinajstić information content (AvgIpc) is 2.18. The average molecular weight is 293 g/mol. The molecule has 1 amide bonds. The number of carbonyl (C=O) groups excluding carboxylic acids is 1. The van der Waals surface area contributed by atoms with E-state index in [-0.39, 0.29) is 25.9 Å². The first-order valence-corrected chi connectivity index (χ1v) is 6.00. The Labute approximate surface area is 112 Å². The maximum atomic E-state index is 12.7. The predicted molar refractivity (Wildman–Crippen MR) is 60.9 cm³/mol. The molecule has 3 rings (SSSR count). The molecule has 0 spiro atoms. The molecule has 0 saturated heterocycles. The lowest BCUT2D eigenvalue weighted by molar-refractivity contribution is -0.367. The van der Waals surface area contributed by atoms with Crippen molar-refractivity contribution in [2.45, 2.75) is 31.5 Å². The number of carboxylic acid groups (broad SMARTS) is 1. The van der Waals surface area contributed by atoms with Crippen LogP contribution in [-0.4, -0.2) is 36.0 Å². The van der Waals surface area contributed by atoms with Crippen LogP contribution in [0.1, 0.15) is 19.3 Å². The van der Waals surface area contributed by atoms with E-state index in [2.05, 4.69) is 16.6 Å². The fourth-order valence-corrected chi connectivity index (χ4v) is 3.24. The van der Waals surface area contributed by atoms with Crippen LogP contribution in [0.2, 0.25) is 0 Å². The number of hydrogen-bond acceptors (Lipinski definition) is 3. The van der Waals surface area contributed by atoms with Gasteiger partial charge in [0.2, 0.25) is 0 Å². The Hall–Kier alpha value is -1.73. The van der Waals surface area contributed by atoms with Crippen LogP contribution in [-0.2, 0) is 9.53 Å². The summed E-state index contributed by atoms with van der Waals surface area (Å²) in [6, 6.07) is -1.36. The Morgan fingerprint density at radius 1 is 1.40 bits per heavy atom. The van der Waals surface area contributed by atoms with Gasteiger partial charge in [0.05, 0.1) is 5.41 Å². The zero-order valence-corrected chi connectivity index (χ0v) is 10.5. The minimum absolute atomic E-state index is 0.0995. The molecule has 5 nitrogen and oxygen atoms in total. The van der Waals surface area contributed by atoms with Crippen LogP contribution < -0.4 is 5.32 Å². The molecule has 0 aromatic rings. The van der Waals surface area contributed by atoms with Crippen molar-refractivity contribution in [3.05, 3.63) is 12.7 Å². The third-order valence-electron chi connectivity index (χ3n) is 4.13. The number of rotatable bonds is 5. The highest BCUT2D eigenvalue weighted by molar-refractivity contribution is 5.81. The van der Waals surface area contributed by atoms with Crippen LogP contribution in [0.15, 0.2) is 12.7 Å². The van der Waals surface area contributed by atoms with Gasteiger partial charge < -0.3 is 15.2 Å². The second-order valence-corrected chi connectivity index (χ2v) is 5.47. The van der Waals surface area contributed by atoms with Crippen molar-refractivity contribution in [2.75, 3.05) is 6.61 Å². The van der Waals surface area contributed by atoms with Crippen molar-refractivity contribution in [1.82, 2.24) is 5.32 Å². The molecule has 3 saturated carbocycles. The highest BCUT2D eigenvalue weighted by atomic mass is 19.4. The Morgan fingerprint density at radius 2 is 1.95 bits per heavy atom. The maximum Gasteiger partial charge on any atom is 0.408 e. The molecule has 3 aliphatic carbocycles. The van der Waals surface area contributed by atoms with Crippen molar-refractivity contribution >= 4 is 12.1 Å². The van der Waals surface area contributed by atoms with Crippen LogP contribution in [0, 0.1) is 10.8 Å². The van der Waals surface area contributed by atoms with E-state index < -0.39 is 35.1 Å². The molecule has 0 aliphatic heterocycles. The highest BCUT2D eigenvalue weighted by Crippen LogP contribution is 2.79. The summed E-state index contributed by atoms with van der Waals surface area (Å²) in [5, 5.41) is 11.2. The number of alkyl halides is 3. The zero-order chi connectivity index (χ0) is 15.2. The number of aliphatic carboxylic acids is 1. The van der Waals surface area contributed by atoms with Crippen molar-refractivity contribution < 1.29 is 32.6 Å². The molecule has 0 heterocycles. The minimum atomic E-state index is -4.32. The van der Waals surface area contributed by atoms with Gasteiger partial charge in [-0.15, -0.1) is 0 Å². The molecule has 1 atom stereocenters. The van der Waals surface area contributed by atoms with E-state index >= 15 is 0 Å². The Kier molecular flexibility index (Phi) is 3.22. The summed E-state index contributed by atoms with van der Waals surface area (Å²) < 4.78 is 42.7. The fraction of sp³-hybridized carbons (Fsp3) is 0.667. The van der Waals surface area contributed by atoms with Gasteiger partial charge in [0, 0.05) is 5.41 Å². The van der Waals surface area contributed by atoms with E-state index in [1.54, 1.807) is 0 Å². The molecule has 1 unspecified atom stereocenters. The minimum Gasteiger partial charge on any atom is -0.480 e. The number of hydrogen-bond donors (Lipinski definition) is 2. The molecule has 3 aliphatic rings. The summed E-state index contributed by atoms with van der Waals surface area (Å²) in [7, 11) is 0. The summed E-state index contributed by atoms with van der Waals surface area (Å²) in [6.07, 6.45) is -4.77. The first kappa shape index (κ1) is 14.7. The lowest BCUT2D eigenvalue weighted by atomic mass is 9.33. The molecule has 0 aromatic carbocycles. The number of carboxylic acids is 1. The smallest absolute Gasteiger partial charge is 0.408 e. The Morgan fingerprint density at radius 3 is 2.35 bits per heavy atom. The van der Waals surface area contributed by atoms with Crippen LogP contribution >= 0.6 is 0 Å². The molecular weight excluding hydrogens is 279 g/mol. The molecule has 0 aromatic heterocycles. The van der Waals surface area contributed by atoms with E-state index in [1.807, 2.05) is 0 Å². The van der Waals surface area contributed by atoms with E-state index in [1.165, 1.54) is 6.08 Å². The van der Waals surface area contributed by atoms with E-state index in [0.717, 1.165) is 0 Å². The van der Waals surface area contributed by atoms with Crippen LogP contribution in [0.3, 0.4) is 0 Å². The number of halogens is 3. The number of nitrogens with one attached hydrogen (secondary N) is 1. The quantitative estimate of drug-likeness (QED) is 0.761. The van der Waals surface area contributed by atoms with Gasteiger partial charge >= 0.3 is 18.2 Å². The third-order valence-corrected chi connectivity index (χ3v) is 4.13. The normalized spacial score (nSPS) is 32.4. The highest BCUT2D eigenvalue weighted by Gasteiger charge is 2.81. The van der Waals surface area contributed by atoms with E-state index in [9.17, 15) is 22.8 Å². The number of alkyl carbamates (subject to hydrolysis) is 1. The number of ether oxygens (including phenoxy) is 1. The molecular formula is C12H14F3NO4. The third kappa shape index (κ3) is 2.03. The maximum absolute atomic E-state index is 12.7. The molecule has 20 heavy (non-hydrogen) atoms. The summed E-state index contributed by atoms with van der Waals surface area (Å²) in [5.41, 5.74) is -2.76. The van der Waals surface area contributed by atoms with Crippen LogP contribution in [0.4, 0.5) is 18.0 Å². The van der Waals surface area contributed by atoms with E-state index in [0.29, 0.717) is 0 Å². The molecule has 3 fully saturated rings. The van der Waals surface area contributed by atoms with Crippen LogP contribution in [0.25, 0.3) is 0 Å². The lowest BCUT2D eigenvalue weighted by Gasteiger charge is -2.71. The molecule has 2 bridgehead atoms. The summed E-state index contributed by atoms with van der Waals surface area (Å²) in [5.74, 6) is -1.35. The van der Waals surface area contributed by atoms with Gasteiger partial charge in [0.15, 0.2) is 0 Å². The standard InChI is InChI=1S/C12H14F3NO4/c1-2-3-20-9(19)16-7(8(17)18)10-4-11(5-10,6-10)12(13,14)15/h2,7H,1,3-6H2,(H,16,19)(H,17,18). The second-order valence-electron chi connectivity index (χ2n) is 5.47. The SMILES string of the molecule is C=CCOC(=O)NC(C(=O)O)C12CC(C(F)(F)F)(C1)C2. The van der Waals surface area contributed by atoms with Crippen molar-refractivity contribution in [3.8, 4) is 0 Å². The first-order valence-electron chi connectivity index (χ1n) is 6.00. The van der Waals surface area contributed by atoms with Gasteiger partial charge in [-0.1, -0.05) is 12.7 Å². The van der Waals surface area contributed by atoms with Gasteiger partial charge in [-0.05, 0) is 19.3 Å². The lowest BCUT2D eigenvalue weighted by Crippen LogP contribution is -2.75. The monoisotopic (exact) mass is 293 g/mol. The van der Waals surface area contributed by atoms with E-state index in [4.69, 9.17) is 5.11 Å². The number of carbonyl (C=O) groups is 2. The van der Waals surface area contributed by atoms with Gasteiger partial charge in [-0.25, -0.2) is 9.59 Å². The fourth-order valence-electron chi connectivity index (χ4n) is 3.24.